The molecule has 1 atom stereocenters. The maximum Gasteiger partial charge on any atom is 0.182 e. The van der Waals surface area contributed by atoms with Crippen molar-refractivity contribution in [1.82, 2.24) is 0 Å². The molecule has 1 unspecified atom stereocenters. The van der Waals surface area contributed by atoms with Crippen LogP contribution in [0.4, 0.5) is 0 Å². The van der Waals surface area contributed by atoms with Gasteiger partial charge in [-0.2, -0.15) is 0 Å². The molecule has 32 valence electrons. The molecule has 0 amide bonds. The lowest BCUT2D eigenvalue weighted by atomic mass is 11.5. The molecule has 0 aromatic carbocycles. The van der Waals surface area contributed by atoms with Gasteiger partial charge in [0.25, 0.3) is 0 Å². The van der Waals surface area contributed by atoms with Gasteiger partial charge in [0.2, 0.25) is 0 Å². The Balaban J connectivity index is 2.54. The molecule has 3 heteroatoms. The standard InChI is InChI=1S/C2H4ClIO/c1-5-2(3)4/h2H,1H3. The second-order valence-corrected chi connectivity index (χ2v) is 2.76. The van der Waals surface area contributed by atoms with E-state index in [4.69, 9.17) is 11.6 Å². The minimum Gasteiger partial charge on any atom is -0.357 e. The number of rotatable bonds is 1. The minimum absolute atomic E-state index is 0.174. The Morgan fingerprint density at radius 2 is 2.20 bits per heavy atom. The van der Waals surface area contributed by atoms with Gasteiger partial charge in [-0.1, -0.05) is 11.6 Å². The molecule has 0 aliphatic carbocycles. The van der Waals surface area contributed by atoms with Crippen LogP contribution in [0.15, 0.2) is 0 Å². The Morgan fingerprint density at radius 1 is 2.00 bits per heavy atom. The van der Waals surface area contributed by atoms with Crippen molar-refractivity contribution < 1.29 is 4.74 Å². The largest absolute Gasteiger partial charge is 0.357 e. The van der Waals surface area contributed by atoms with Crippen LogP contribution in [0.1, 0.15) is 0 Å². The fraction of sp³-hybridized carbons (Fsp3) is 1.00. The molecule has 0 rings (SSSR count). The van der Waals surface area contributed by atoms with E-state index in [0.717, 1.165) is 0 Å². The van der Waals surface area contributed by atoms with Gasteiger partial charge in [-0.25, -0.2) is 0 Å². The van der Waals surface area contributed by atoms with Crippen LogP contribution in [-0.4, -0.2) is 10.7 Å². The number of hydrogen-bond donors (Lipinski definition) is 0. The zero-order valence-corrected chi connectivity index (χ0v) is 5.65. The van der Waals surface area contributed by atoms with Crippen LogP contribution in [-0.2, 0) is 4.74 Å². The van der Waals surface area contributed by atoms with Crippen molar-refractivity contribution in [3.05, 3.63) is 0 Å². The summed E-state index contributed by atoms with van der Waals surface area (Å²) in [6.07, 6.45) is 0. The summed E-state index contributed by atoms with van der Waals surface area (Å²) in [5, 5.41) is 0. The highest BCUT2D eigenvalue weighted by atomic mass is 127. The van der Waals surface area contributed by atoms with Gasteiger partial charge < -0.3 is 4.74 Å². The summed E-state index contributed by atoms with van der Waals surface area (Å²) in [6, 6.07) is 0. The molecule has 0 radical (unpaired) electrons. The Bertz CT molecular complexity index is 23.6. The maximum absolute atomic E-state index is 5.23. The average Bonchev–Trinajstić information content (AvgIpc) is 1.38. The quantitative estimate of drug-likeness (QED) is 0.468. The second-order valence-electron chi connectivity index (χ2n) is 0.496. The summed E-state index contributed by atoms with van der Waals surface area (Å²) < 4.78 is 4.33. The first-order chi connectivity index (χ1) is 2.27. The summed E-state index contributed by atoms with van der Waals surface area (Å²) in [6.45, 7) is 0. The molecule has 0 heterocycles. The zero-order chi connectivity index (χ0) is 4.28. The van der Waals surface area contributed by atoms with Crippen LogP contribution >= 0.6 is 34.2 Å². The van der Waals surface area contributed by atoms with Gasteiger partial charge >= 0.3 is 0 Å². The first-order valence-electron chi connectivity index (χ1n) is 1.08. The smallest absolute Gasteiger partial charge is 0.182 e. The molecule has 0 saturated carbocycles. The van der Waals surface area contributed by atoms with Gasteiger partial charge in [-0.3, -0.25) is 0 Å². The molecular weight excluding hydrogens is 202 g/mol. The van der Waals surface area contributed by atoms with Gasteiger partial charge in [0.05, 0.1) is 0 Å². The van der Waals surface area contributed by atoms with Crippen molar-refractivity contribution in [1.29, 1.82) is 0 Å². The lowest BCUT2D eigenvalue weighted by Crippen LogP contribution is -1.83. The van der Waals surface area contributed by atoms with Gasteiger partial charge in [0, 0.05) is 7.11 Å². The zero-order valence-electron chi connectivity index (χ0n) is 2.74. The summed E-state index contributed by atoms with van der Waals surface area (Å²) in [4.78, 5) is 0. The number of methoxy groups -OCH3 is 1. The Morgan fingerprint density at radius 3 is 2.20 bits per heavy atom. The molecule has 0 aliphatic rings. The van der Waals surface area contributed by atoms with Crippen molar-refractivity contribution in [2.45, 2.75) is 3.57 Å². The van der Waals surface area contributed by atoms with E-state index >= 15 is 0 Å². The van der Waals surface area contributed by atoms with E-state index in [2.05, 4.69) is 4.74 Å². The third-order valence-electron chi connectivity index (χ3n) is 0.178. The molecule has 0 N–H and O–H groups in total. The topological polar surface area (TPSA) is 9.23 Å². The Hall–Kier alpha value is 0.980. The van der Waals surface area contributed by atoms with Gasteiger partial charge in [0.1, 0.15) is 0 Å². The van der Waals surface area contributed by atoms with E-state index < -0.39 is 0 Å². The molecule has 0 aliphatic heterocycles. The van der Waals surface area contributed by atoms with E-state index in [1.54, 1.807) is 7.11 Å². The van der Waals surface area contributed by atoms with E-state index in [9.17, 15) is 0 Å². The van der Waals surface area contributed by atoms with Crippen molar-refractivity contribution in [2.24, 2.45) is 0 Å². The van der Waals surface area contributed by atoms with Gasteiger partial charge in [0.15, 0.2) is 3.57 Å². The molecule has 0 spiro atoms. The number of hydrogen-bond acceptors (Lipinski definition) is 1. The number of ether oxygens (including phenoxy) is 1. The third kappa shape index (κ3) is 4.98. The monoisotopic (exact) mass is 206 g/mol. The molecule has 0 saturated heterocycles. The SMILES string of the molecule is COC(Cl)I. The predicted molar refractivity (Wildman–Crippen MR) is 30.7 cm³/mol. The highest BCUT2D eigenvalue weighted by molar-refractivity contribution is 14.1. The summed E-state index contributed by atoms with van der Waals surface area (Å²) in [7, 11) is 1.56. The van der Waals surface area contributed by atoms with Crippen molar-refractivity contribution in [3.8, 4) is 0 Å². The average molecular weight is 206 g/mol. The number of halogens is 2. The third-order valence-corrected chi connectivity index (χ3v) is 0.865. The Labute approximate surface area is 49.8 Å². The first-order valence-corrected chi connectivity index (χ1v) is 2.76. The lowest BCUT2D eigenvalue weighted by molar-refractivity contribution is 0.241. The van der Waals surface area contributed by atoms with Crippen LogP contribution in [0.25, 0.3) is 0 Å². The maximum atomic E-state index is 5.23. The van der Waals surface area contributed by atoms with Crippen LogP contribution < -0.4 is 0 Å². The van der Waals surface area contributed by atoms with Crippen LogP contribution in [0.5, 0.6) is 0 Å². The molecule has 5 heavy (non-hydrogen) atoms. The molecule has 0 aromatic heterocycles. The van der Waals surface area contributed by atoms with Gasteiger partial charge in [-0.05, 0) is 22.6 Å². The van der Waals surface area contributed by atoms with Crippen molar-refractivity contribution >= 4 is 34.2 Å². The molecule has 0 bridgehead atoms. The lowest BCUT2D eigenvalue weighted by Gasteiger charge is -1.89. The minimum atomic E-state index is -0.174. The van der Waals surface area contributed by atoms with Crippen LogP contribution in [0.3, 0.4) is 0 Å². The van der Waals surface area contributed by atoms with E-state index in [1.807, 2.05) is 22.6 Å². The summed E-state index contributed by atoms with van der Waals surface area (Å²) >= 11 is 7.18. The summed E-state index contributed by atoms with van der Waals surface area (Å²) in [5.41, 5.74) is 0. The van der Waals surface area contributed by atoms with Crippen molar-refractivity contribution in [2.75, 3.05) is 7.11 Å². The predicted octanol–water partition coefficient (Wildman–Crippen LogP) is 1.59. The molecule has 0 aromatic rings. The second kappa shape index (κ2) is 3.18. The van der Waals surface area contributed by atoms with Gasteiger partial charge in [-0.15, -0.1) is 0 Å². The molecular formula is C2H4ClIO. The fourth-order valence-corrected chi connectivity index (χ4v) is 0. The van der Waals surface area contributed by atoms with E-state index in [0.29, 0.717) is 0 Å². The highest BCUT2D eigenvalue weighted by Gasteiger charge is 1.84. The normalized spacial score (nSPS) is 15.0. The Kier molecular flexibility index (Phi) is 3.80. The van der Waals surface area contributed by atoms with Crippen LogP contribution in [0.2, 0.25) is 0 Å². The first kappa shape index (κ1) is 5.98. The van der Waals surface area contributed by atoms with Crippen molar-refractivity contribution in [3.63, 3.8) is 0 Å². The van der Waals surface area contributed by atoms with E-state index in [1.165, 1.54) is 0 Å². The molecule has 1 nitrogen and oxygen atoms in total. The highest BCUT2D eigenvalue weighted by Crippen LogP contribution is 2.03. The summed E-state index contributed by atoms with van der Waals surface area (Å²) in [5.74, 6) is 0. The molecule has 0 fully saturated rings. The van der Waals surface area contributed by atoms with Crippen LogP contribution in [0, 0.1) is 0 Å². The number of alkyl halides is 2. The van der Waals surface area contributed by atoms with E-state index in [-0.39, 0.29) is 3.57 Å². The fourth-order valence-electron chi connectivity index (χ4n) is 0.